The molecule has 0 aliphatic carbocycles. The van der Waals surface area contributed by atoms with Crippen molar-refractivity contribution >= 4 is 27.3 Å². The van der Waals surface area contributed by atoms with Crippen molar-refractivity contribution in [2.75, 3.05) is 10.8 Å². The Morgan fingerprint density at radius 3 is 2.06 bits per heavy atom. The highest BCUT2D eigenvalue weighted by molar-refractivity contribution is 7.92. The number of carbonyl (C=O) groups is 1. The lowest BCUT2D eigenvalue weighted by atomic mass is 9.80. The zero-order chi connectivity index (χ0) is 25.5. The van der Waals surface area contributed by atoms with E-state index in [0.29, 0.717) is 12.1 Å². The van der Waals surface area contributed by atoms with Gasteiger partial charge in [0.15, 0.2) is 0 Å². The highest BCUT2D eigenvalue weighted by Crippen LogP contribution is 2.27. The first-order chi connectivity index (χ1) is 16.6. The second kappa shape index (κ2) is 11.3. The number of nitrogens with one attached hydrogen (secondary N) is 1. The summed E-state index contributed by atoms with van der Waals surface area (Å²) in [7, 11) is -3.95. The van der Waals surface area contributed by atoms with Crippen LogP contribution in [0.4, 0.5) is 5.69 Å². The van der Waals surface area contributed by atoms with Crippen molar-refractivity contribution in [1.82, 2.24) is 5.43 Å². The molecule has 0 saturated heterocycles. The van der Waals surface area contributed by atoms with Crippen molar-refractivity contribution in [3.05, 3.63) is 96.1 Å². The third kappa shape index (κ3) is 6.79. The molecule has 0 heterocycles. The quantitative estimate of drug-likeness (QED) is 0.309. The number of hydrogen-bond acceptors (Lipinski definition) is 4. The van der Waals surface area contributed by atoms with E-state index in [-0.39, 0.29) is 16.9 Å². The molecule has 0 bridgehead atoms. The van der Waals surface area contributed by atoms with E-state index in [9.17, 15) is 13.2 Å². The fourth-order valence-corrected chi connectivity index (χ4v) is 5.37. The van der Waals surface area contributed by atoms with Crippen LogP contribution in [-0.4, -0.2) is 26.6 Å². The van der Waals surface area contributed by atoms with Crippen LogP contribution in [0.1, 0.15) is 45.2 Å². The van der Waals surface area contributed by atoms with Crippen LogP contribution >= 0.6 is 0 Å². The van der Waals surface area contributed by atoms with Gasteiger partial charge in [0.1, 0.15) is 6.54 Å². The molecule has 6 nitrogen and oxygen atoms in total. The summed E-state index contributed by atoms with van der Waals surface area (Å²) in [6.07, 6.45) is 1.47. The normalized spacial score (nSPS) is 12.3. The number of hydrogen-bond donors (Lipinski definition) is 1. The average molecular weight is 492 g/mol. The van der Waals surface area contributed by atoms with E-state index < -0.39 is 15.9 Å². The molecular weight excluding hydrogens is 458 g/mol. The Kier molecular flexibility index (Phi) is 8.46. The number of nitrogens with zero attached hydrogens (tertiary/aromatic N) is 2. The van der Waals surface area contributed by atoms with Crippen LogP contribution in [0.15, 0.2) is 94.9 Å². The third-order valence-corrected chi connectivity index (χ3v) is 7.66. The van der Waals surface area contributed by atoms with Gasteiger partial charge in [0.05, 0.1) is 10.6 Å². The maximum absolute atomic E-state index is 13.4. The number of benzene rings is 3. The van der Waals surface area contributed by atoms with E-state index >= 15 is 0 Å². The highest BCUT2D eigenvalue weighted by Gasteiger charge is 2.27. The molecule has 3 aromatic rings. The lowest BCUT2D eigenvalue weighted by molar-refractivity contribution is -0.119. The van der Waals surface area contributed by atoms with Crippen molar-refractivity contribution in [3.8, 4) is 0 Å². The second-order valence-corrected chi connectivity index (χ2v) is 11.0. The topological polar surface area (TPSA) is 78.8 Å². The Balaban J connectivity index is 1.78. The summed E-state index contributed by atoms with van der Waals surface area (Å²) in [4.78, 5) is 13.0. The number of amides is 1. The van der Waals surface area contributed by atoms with Gasteiger partial charge in [-0.3, -0.25) is 9.10 Å². The van der Waals surface area contributed by atoms with E-state index in [1.54, 1.807) is 30.3 Å². The minimum Gasteiger partial charge on any atom is -0.271 e. The van der Waals surface area contributed by atoms with E-state index in [4.69, 9.17) is 0 Å². The molecule has 1 amide bonds. The van der Waals surface area contributed by atoms with Gasteiger partial charge in [0.2, 0.25) is 0 Å². The molecule has 7 heteroatoms. The lowest BCUT2D eigenvalue weighted by Gasteiger charge is -2.25. The Morgan fingerprint density at radius 2 is 1.49 bits per heavy atom. The molecule has 0 radical (unpaired) electrons. The second-order valence-electron chi connectivity index (χ2n) is 9.15. The van der Waals surface area contributed by atoms with Gasteiger partial charge in [-0.2, -0.15) is 5.10 Å². The summed E-state index contributed by atoms with van der Waals surface area (Å²) in [6, 6.07) is 25.4. The van der Waals surface area contributed by atoms with Gasteiger partial charge in [-0.15, -0.1) is 0 Å². The number of anilines is 1. The molecule has 0 aromatic heterocycles. The van der Waals surface area contributed by atoms with Crippen LogP contribution < -0.4 is 9.73 Å². The van der Waals surface area contributed by atoms with E-state index in [2.05, 4.69) is 36.5 Å². The maximum Gasteiger partial charge on any atom is 0.264 e. The minimum atomic E-state index is -3.95. The zero-order valence-corrected chi connectivity index (χ0v) is 21.5. The fraction of sp³-hybridized carbons (Fsp3) is 0.286. The Hall–Kier alpha value is -3.45. The molecule has 0 fully saturated rings. The Morgan fingerprint density at radius 1 is 0.914 bits per heavy atom. The third-order valence-electron chi connectivity index (χ3n) is 5.88. The molecule has 184 valence electrons. The molecule has 0 atom stereocenters. The average Bonchev–Trinajstić information content (AvgIpc) is 2.87. The van der Waals surface area contributed by atoms with Crippen molar-refractivity contribution in [1.29, 1.82) is 0 Å². The zero-order valence-electron chi connectivity index (χ0n) is 20.7. The highest BCUT2D eigenvalue weighted by atomic mass is 32.2. The molecule has 0 aliphatic rings. The van der Waals surface area contributed by atoms with E-state index in [1.165, 1.54) is 17.7 Å². The molecule has 0 unspecified atom stereocenters. The van der Waals surface area contributed by atoms with Gasteiger partial charge >= 0.3 is 0 Å². The molecule has 0 saturated carbocycles. The summed E-state index contributed by atoms with van der Waals surface area (Å²) >= 11 is 0. The van der Waals surface area contributed by atoms with Gasteiger partial charge in [0, 0.05) is 5.71 Å². The van der Waals surface area contributed by atoms with Crippen LogP contribution in [0.3, 0.4) is 0 Å². The number of sulfonamides is 1. The molecule has 0 aliphatic heterocycles. The summed E-state index contributed by atoms with van der Waals surface area (Å²) in [6.45, 7) is 7.74. The summed E-state index contributed by atoms with van der Waals surface area (Å²) < 4.78 is 28.0. The van der Waals surface area contributed by atoms with Crippen molar-refractivity contribution in [2.24, 2.45) is 5.10 Å². The number of rotatable bonds is 10. The van der Waals surface area contributed by atoms with Crippen molar-refractivity contribution in [3.63, 3.8) is 0 Å². The predicted molar refractivity (Wildman–Crippen MR) is 142 cm³/mol. The largest absolute Gasteiger partial charge is 0.271 e. The van der Waals surface area contributed by atoms with Gasteiger partial charge in [-0.1, -0.05) is 81.4 Å². The van der Waals surface area contributed by atoms with Crippen molar-refractivity contribution < 1.29 is 13.2 Å². The van der Waals surface area contributed by atoms with Crippen LogP contribution in [0, 0.1) is 0 Å². The van der Waals surface area contributed by atoms with Gasteiger partial charge in [0.25, 0.3) is 15.9 Å². The smallest absolute Gasteiger partial charge is 0.264 e. The van der Waals surface area contributed by atoms with Crippen LogP contribution in [-0.2, 0) is 26.7 Å². The molecule has 3 aromatic carbocycles. The first-order valence-electron chi connectivity index (χ1n) is 11.7. The van der Waals surface area contributed by atoms with Crippen LogP contribution in [0.2, 0.25) is 0 Å². The monoisotopic (exact) mass is 491 g/mol. The summed E-state index contributed by atoms with van der Waals surface area (Å²) in [5.74, 6) is -0.513. The lowest BCUT2D eigenvalue weighted by Crippen LogP contribution is -2.39. The number of aryl methyl sites for hydroxylation is 1. The first kappa shape index (κ1) is 26.2. The van der Waals surface area contributed by atoms with Gasteiger partial charge in [-0.05, 0) is 60.6 Å². The van der Waals surface area contributed by atoms with Crippen LogP contribution in [0.25, 0.3) is 0 Å². The number of carbonyl (C=O) groups excluding carboxylic acids is 1. The van der Waals surface area contributed by atoms with E-state index in [1.807, 2.05) is 44.2 Å². The Labute approximate surface area is 208 Å². The molecule has 1 N–H and O–H groups in total. The minimum absolute atomic E-state index is 0.122. The van der Waals surface area contributed by atoms with Crippen molar-refractivity contribution in [2.45, 2.75) is 50.8 Å². The van der Waals surface area contributed by atoms with Gasteiger partial charge < -0.3 is 0 Å². The molecular formula is C28H33N3O3S. The fourth-order valence-electron chi connectivity index (χ4n) is 3.93. The SMILES string of the molecule is CCc1ccc(N(CC(=O)N/N=C(/C)CC(C)(C)c2ccccc2)S(=O)(=O)c2ccccc2)cc1. The molecule has 35 heavy (non-hydrogen) atoms. The molecule has 3 rings (SSSR count). The Bertz CT molecular complexity index is 1250. The number of hydrazone groups is 1. The molecule has 0 spiro atoms. The standard InChI is InChI=1S/C28H33N3O3S/c1-5-23-16-18-25(19-17-23)31(35(33,34)26-14-10-7-11-15-26)21-27(32)30-29-22(2)20-28(3,4)24-12-8-6-9-13-24/h6-19H,5,20-21H2,1-4H3,(H,30,32)/b29-22-. The summed E-state index contributed by atoms with van der Waals surface area (Å²) in [5.41, 5.74) is 5.81. The summed E-state index contributed by atoms with van der Waals surface area (Å²) in [5, 5.41) is 4.26. The van der Waals surface area contributed by atoms with Gasteiger partial charge in [-0.25, -0.2) is 13.8 Å². The van der Waals surface area contributed by atoms with Crippen LogP contribution in [0.5, 0.6) is 0 Å². The maximum atomic E-state index is 13.4. The predicted octanol–water partition coefficient (Wildman–Crippen LogP) is 5.30. The van der Waals surface area contributed by atoms with E-state index in [0.717, 1.165) is 22.0 Å². The first-order valence-corrected chi connectivity index (χ1v) is 13.1.